The van der Waals surface area contributed by atoms with Crippen LogP contribution in [0.4, 0.5) is 0 Å². The summed E-state index contributed by atoms with van der Waals surface area (Å²) in [7, 11) is 2.20. The highest BCUT2D eigenvalue weighted by Crippen LogP contribution is 2.27. The van der Waals surface area contributed by atoms with Crippen LogP contribution < -0.4 is 5.73 Å². The van der Waals surface area contributed by atoms with Gasteiger partial charge >= 0.3 is 0 Å². The normalized spacial score (nSPS) is 17.8. The number of benzene rings is 1. The molecule has 0 aliphatic heterocycles. The number of hydrogen-bond donors (Lipinski definition) is 1. The fourth-order valence-electron chi connectivity index (χ4n) is 2.44. The number of nitrogens with zero attached hydrogens (tertiary/aromatic N) is 1. The van der Waals surface area contributed by atoms with Crippen LogP contribution in [0.2, 0.25) is 5.02 Å². The van der Waals surface area contributed by atoms with E-state index >= 15 is 0 Å². The third-order valence-corrected chi connectivity index (χ3v) is 4.17. The molecule has 2 nitrogen and oxygen atoms in total. The van der Waals surface area contributed by atoms with Crippen molar-refractivity contribution < 1.29 is 0 Å². The summed E-state index contributed by atoms with van der Waals surface area (Å²) < 4.78 is 0. The van der Waals surface area contributed by atoms with Gasteiger partial charge in [0.2, 0.25) is 0 Å². The predicted molar refractivity (Wildman–Crippen MR) is 77.8 cm³/mol. The highest BCUT2D eigenvalue weighted by Gasteiger charge is 2.19. The molecular weight excluding hydrogens is 244 g/mol. The zero-order valence-corrected chi connectivity index (χ0v) is 11.9. The van der Waals surface area contributed by atoms with Crippen LogP contribution in [0.5, 0.6) is 0 Å². The summed E-state index contributed by atoms with van der Waals surface area (Å²) in [5.41, 5.74) is 7.38. The smallest absolute Gasteiger partial charge is 0.0406 e. The third-order valence-electron chi connectivity index (χ3n) is 3.91. The first-order valence-corrected chi connectivity index (χ1v) is 7.22. The molecule has 1 aromatic rings. The van der Waals surface area contributed by atoms with Crippen molar-refractivity contribution in [3.8, 4) is 0 Å². The Morgan fingerprint density at radius 2 is 2.00 bits per heavy atom. The van der Waals surface area contributed by atoms with Crippen LogP contribution in [-0.2, 0) is 0 Å². The Hall–Kier alpha value is -0.570. The van der Waals surface area contributed by atoms with Gasteiger partial charge in [0.15, 0.2) is 0 Å². The first-order valence-electron chi connectivity index (χ1n) is 6.85. The Bertz CT molecular complexity index is 359. The largest absolute Gasteiger partial charge is 0.324 e. The van der Waals surface area contributed by atoms with Crippen molar-refractivity contribution in [2.24, 2.45) is 11.7 Å². The standard InChI is InChI=1S/C15H23ClN2/c1-18(11-12-3-2-4-12)10-9-15(17)13-5-7-14(16)8-6-13/h5-8,12,15H,2-4,9-11,17H2,1H3. The molecule has 0 saturated heterocycles. The Morgan fingerprint density at radius 3 is 2.56 bits per heavy atom. The molecule has 1 unspecified atom stereocenters. The lowest BCUT2D eigenvalue weighted by molar-refractivity contribution is 0.201. The summed E-state index contributed by atoms with van der Waals surface area (Å²) in [6.45, 7) is 2.30. The van der Waals surface area contributed by atoms with E-state index in [-0.39, 0.29) is 6.04 Å². The molecule has 18 heavy (non-hydrogen) atoms. The molecular formula is C15H23ClN2. The van der Waals surface area contributed by atoms with E-state index in [2.05, 4.69) is 11.9 Å². The summed E-state index contributed by atoms with van der Waals surface area (Å²) in [5.74, 6) is 0.932. The molecule has 100 valence electrons. The van der Waals surface area contributed by atoms with Crippen LogP contribution in [0.1, 0.15) is 37.3 Å². The van der Waals surface area contributed by atoms with Gasteiger partial charge in [0, 0.05) is 17.6 Å². The van der Waals surface area contributed by atoms with Crippen molar-refractivity contribution in [2.45, 2.75) is 31.7 Å². The Balaban J connectivity index is 1.73. The lowest BCUT2D eigenvalue weighted by Crippen LogP contribution is -2.31. The van der Waals surface area contributed by atoms with Gasteiger partial charge in [-0.1, -0.05) is 30.2 Å². The highest BCUT2D eigenvalue weighted by molar-refractivity contribution is 6.30. The van der Waals surface area contributed by atoms with Gasteiger partial charge in [-0.25, -0.2) is 0 Å². The van der Waals surface area contributed by atoms with Gasteiger partial charge in [-0.2, -0.15) is 0 Å². The molecule has 1 aliphatic rings. The molecule has 1 fully saturated rings. The van der Waals surface area contributed by atoms with Gasteiger partial charge in [-0.3, -0.25) is 0 Å². The first-order chi connectivity index (χ1) is 8.65. The maximum Gasteiger partial charge on any atom is 0.0406 e. The topological polar surface area (TPSA) is 29.3 Å². The van der Waals surface area contributed by atoms with Gasteiger partial charge in [0.1, 0.15) is 0 Å². The minimum Gasteiger partial charge on any atom is -0.324 e. The Labute approximate surface area is 115 Å². The van der Waals surface area contributed by atoms with E-state index in [1.807, 2.05) is 24.3 Å². The molecule has 0 spiro atoms. The fraction of sp³-hybridized carbons (Fsp3) is 0.600. The zero-order valence-electron chi connectivity index (χ0n) is 11.1. The molecule has 0 aromatic heterocycles. The van der Waals surface area contributed by atoms with Gasteiger partial charge < -0.3 is 10.6 Å². The number of halogens is 1. The van der Waals surface area contributed by atoms with Crippen molar-refractivity contribution >= 4 is 11.6 Å². The predicted octanol–water partition coefficient (Wildman–Crippen LogP) is 3.46. The van der Waals surface area contributed by atoms with Crippen LogP contribution in [0.3, 0.4) is 0 Å². The van der Waals surface area contributed by atoms with Crippen LogP contribution >= 0.6 is 11.6 Å². The maximum atomic E-state index is 6.20. The summed E-state index contributed by atoms with van der Waals surface area (Å²) >= 11 is 5.87. The Morgan fingerprint density at radius 1 is 1.33 bits per heavy atom. The zero-order chi connectivity index (χ0) is 13.0. The van der Waals surface area contributed by atoms with Crippen molar-refractivity contribution in [1.29, 1.82) is 0 Å². The molecule has 0 radical (unpaired) electrons. The van der Waals surface area contributed by atoms with Gasteiger partial charge in [-0.05, 0) is 56.5 Å². The molecule has 2 N–H and O–H groups in total. The quantitative estimate of drug-likeness (QED) is 0.854. The van der Waals surface area contributed by atoms with E-state index in [9.17, 15) is 0 Å². The molecule has 0 heterocycles. The first kappa shape index (κ1) is 13.9. The lowest BCUT2D eigenvalue weighted by Gasteiger charge is -2.30. The molecule has 1 aliphatic carbocycles. The van der Waals surface area contributed by atoms with Crippen LogP contribution in [0, 0.1) is 5.92 Å². The van der Waals surface area contributed by atoms with Gasteiger partial charge in [0.05, 0.1) is 0 Å². The Kier molecular flexibility index (Phi) is 5.04. The van der Waals surface area contributed by atoms with E-state index < -0.39 is 0 Å². The van der Waals surface area contributed by atoms with Crippen molar-refractivity contribution in [3.05, 3.63) is 34.9 Å². The van der Waals surface area contributed by atoms with Crippen LogP contribution in [-0.4, -0.2) is 25.0 Å². The SMILES string of the molecule is CN(CCC(N)c1ccc(Cl)cc1)CC1CCC1. The molecule has 2 rings (SSSR count). The average molecular weight is 267 g/mol. The minimum atomic E-state index is 0.117. The minimum absolute atomic E-state index is 0.117. The molecule has 1 saturated carbocycles. The summed E-state index contributed by atoms with van der Waals surface area (Å²) in [6, 6.07) is 7.99. The second kappa shape index (κ2) is 6.55. The maximum absolute atomic E-state index is 6.20. The van der Waals surface area contributed by atoms with Crippen LogP contribution in [0.25, 0.3) is 0 Å². The van der Waals surface area contributed by atoms with E-state index in [0.29, 0.717) is 0 Å². The van der Waals surface area contributed by atoms with Gasteiger partial charge in [0.25, 0.3) is 0 Å². The van der Waals surface area contributed by atoms with Crippen molar-refractivity contribution in [1.82, 2.24) is 4.90 Å². The molecule has 1 aromatic carbocycles. The fourth-order valence-corrected chi connectivity index (χ4v) is 2.57. The molecule has 3 heteroatoms. The second-order valence-electron chi connectivity index (χ2n) is 5.51. The lowest BCUT2D eigenvalue weighted by atomic mass is 9.85. The van der Waals surface area contributed by atoms with Gasteiger partial charge in [-0.15, -0.1) is 0 Å². The van der Waals surface area contributed by atoms with E-state index in [4.69, 9.17) is 17.3 Å². The summed E-state index contributed by atoms with van der Waals surface area (Å²) in [4.78, 5) is 2.42. The van der Waals surface area contributed by atoms with E-state index in [1.54, 1.807) is 0 Å². The van der Waals surface area contributed by atoms with Crippen molar-refractivity contribution in [3.63, 3.8) is 0 Å². The van der Waals surface area contributed by atoms with Crippen LogP contribution in [0.15, 0.2) is 24.3 Å². The monoisotopic (exact) mass is 266 g/mol. The molecule has 0 bridgehead atoms. The molecule has 1 atom stereocenters. The number of hydrogen-bond acceptors (Lipinski definition) is 2. The molecule has 0 amide bonds. The van der Waals surface area contributed by atoms with E-state index in [0.717, 1.165) is 23.9 Å². The second-order valence-corrected chi connectivity index (χ2v) is 5.94. The third kappa shape index (κ3) is 3.98. The highest BCUT2D eigenvalue weighted by atomic mass is 35.5. The van der Waals surface area contributed by atoms with E-state index in [1.165, 1.54) is 31.4 Å². The summed E-state index contributed by atoms with van der Waals surface area (Å²) in [6.07, 6.45) is 5.24. The average Bonchev–Trinajstić information content (AvgIpc) is 2.32. The van der Waals surface area contributed by atoms with Crippen molar-refractivity contribution in [2.75, 3.05) is 20.1 Å². The summed E-state index contributed by atoms with van der Waals surface area (Å²) in [5, 5.41) is 0.771. The number of nitrogens with two attached hydrogens (primary N) is 1. The number of rotatable bonds is 6.